The van der Waals surface area contributed by atoms with E-state index >= 15 is 0 Å². The first kappa shape index (κ1) is 16.5. The number of carboxylic acids is 1. The van der Waals surface area contributed by atoms with Gasteiger partial charge in [0.1, 0.15) is 6.10 Å². The minimum atomic E-state index is -0.995. The molecule has 5 nitrogen and oxygen atoms in total. The van der Waals surface area contributed by atoms with Crippen LogP contribution in [-0.2, 0) is 19.7 Å². The molecule has 1 aromatic carbocycles. The van der Waals surface area contributed by atoms with Crippen LogP contribution in [-0.4, -0.2) is 35.7 Å². The molecule has 0 unspecified atom stereocenters. The lowest BCUT2D eigenvalue weighted by Crippen LogP contribution is -2.48. The van der Waals surface area contributed by atoms with E-state index in [1.807, 2.05) is 12.1 Å². The van der Waals surface area contributed by atoms with Crippen LogP contribution in [0.2, 0.25) is 0 Å². The van der Waals surface area contributed by atoms with Crippen LogP contribution in [0, 0.1) is 0 Å². The maximum absolute atomic E-state index is 12.3. The van der Waals surface area contributed by atoms with Gasteiger partial charge in [0.05, 0.1) is 0 Å². The van der Waals surface area contributed by atoms with Crippen molar-refractivity contribution >= 4 is 27.8 Å². The zero-order chi connectivity index (χ0) is 16.4. The third-order valence-corrected chi connectivity index (χ3v) is 5.43. The molecule has 23 heavy (non-hydrogen) atoms. The van der Waals surface area contributed by atoms with Gasteiger partial charge in [-0.25, -0.2) is 4.79 Å². The molecule has 1 amide bonds. The number of ether oxygens (including phenoxy) is 1. The maximum Gasteiger partial charge on any atom is 0.332 e. The normalized spacial score (nSPS) is 25.6. The molecule has 1 aromatic rings. The Kier molecular flexibility index (Phi) is 4.73. The summed E-state index contributed by atoms with van der Waals surface area (Å²) in [6.07, 6.45) is 2.62. The van der Waals surface area contributed by atoms with E-state index < -0.39 is 18.2 Å². The molecule has 1 aliphatic carbocycles. The van der Waals surface area contributed by atoms with Crippen molar-refractivity contribution in [3.8, 4) is 0 Å². The maximum atomic E-state index is 12.3. The van der Waals surface area contributed by atoms with Gasteiger partial charge >= 0.3 is 5.97 Å². The number of hydrogen-bond donors (Lipinski definition) is 2. The van der Waals surface area contributed by atoms with Crippen LogP contribution in [0.3, 0.4) is 0 Å². The summed E-state index contributed by atoms with van der Waals surface area (Å²) in [5, 5.41) is 11.9. The van der Waals surface area contributed by atoms with Crippen LogP contribution in [0.1, 0.15) is 37.7 Å². The predicted octanol–water partition coefficient (Wildman–Crippen LogP) is 2.62. The zero-order valence-corrected chi connectivity index (χ0v) is 14.3. The van der Waals surface area contributed by atoms with E-state index in [-0.39, 0.29) is 11.3 Å². The van der Waals surface area contributed by atoms with Crippen molar-refractivity contribution in [1.82, 2.24) is 5.32 Å². The van der Waals surface area contributed by atoms with Crippen molar-refractivity contribution in [3.05, 3.63) is 34.3 Å². The van der Waals surface area contributed by atoms with Crippen molar-refractivity contribution in [2.75, 3.05) is 6.54 Å². The first-order valence-electron chi connectivity index (χ1n) is 7.92. The van der Waals surface area contributed by atoms with Crippen LogP contribution in [0.15, 0.2) is 28.7 Å². The van der Waals surface area contributed by atoms with Gasteiger partial charge in [-0.2, -0.15) is 0 Å². The number of rotatable bonds is 5. The third kappa shape index (κ3) is 3.43. The lowest BCUT2D eigenvalue weighted by Gasteiger charge is -2.43. The van der Waals surface area contributed by atoms with Crippen molar-refractivity contribution in [3.63, 3.8) is 0 Å². The number of carboxylic acid groups (broad SMARTS) is 1. The Morgan fingerprint density at radius 1 is 1.30 bits per heavy atom. The van der Waals surface area contributed by atoms with Crippen LogP contribution in [0.25, 0.3) is 0 Å². The Hall–Kier alpha value is -1.40. The van der Waals surface area contributed by atoms with E-state index in [9.17, 15) is 9.59 Å². The molecule has 3 rings (SSSR count). The largest absolute Gasteiger partial charge is 0.479 e. The summed E-state index contributed by atoms with van der Waals surface area (Å²) in [5.74, 6) is -1.19. The Morgan fingerprint density at radius 3 is 2.61 bits per heavy atom. The molecule has 0 spiro atoms. The molecule has 2 N–H and O–H groups in total. The number of carbonyl (C=O) groups excluding carboxylic acids is 1. The summed E-state index contributed by atoms with van der Waals surface area (Å²) < 4.78 is 6.35. The van der Waals surface area contributed by atoms with Crippen LogP contribution >= 0.6 is 15.9 Å². The lowest BCUT2D eigenvalue weighted by molar-refractivity contribution is -0.151. The van der Waals surface area contributed by atoms with Crippen molar-refractivity contribution in [1.29, 1.82) is 0 Å². The second-order valence-corrected chi connectivity index (χ2v) is 7.31. The predicted molar refractivity (Wildman–Crippen MR) is 88.2 cm³/mol. The monoisotopic (exact) mass is 381 g/mol. The molecule has 0 bridgehead atoms. The first-order chi connectivity index (χ1) is 11.0. The number of aliphatic carboxylic acids is 1. The summed E-state index contributed by atoms with van der Waals surface area (Å²) in [7, 11) is 0. The highest BCUT2D eigenvalue weighted by atomic mass is 79.9. The van der Waals surface area contributed by atoms with E-state index in [1.54, 1.807) is 0 Å². The molecule has 6 heteroatoms. The highest BCUT2D eigenvalue weighted by Crippen LogP contribution is 2.43. The molecule has 1 saturated carbocycles. The standard InChI is InChI=1S/C17H20BrNO4/c18-12-4-1-3-11(9-12)17(7-2-8-17)10-19-15(20)13-5-6-14(23-13)16(21)22/h1,3-4,9,13-14H,2,5-8,10H2,(H,19,20)(H,21,22)/t13-,14+/m0/s1. The molecule has 1 saturated heterocycles. The van der Waals surface area contributed by atoms with Gasteiger partial charge in [0.15, 0.2) is 6.10 Å². The van der Waals surface area contributed by atoms with E-state index in [2.05, 4.69) is 33.4 Å². The van der Waals surface area contributed by atoms with Crippen molar-refractivity contribution < 1.29 is 19.4 Å². The lowest BCUT2D eigenvalue weighted by atomic mass is 9.64. The highest BCUT2D eigenvalue weighted by Gasteiger charge is 2.40. The fourth-order valence-corrected chi connectivity index (χ4v) is 3.77. The van der Waals surface area contributed by atoms with Gasteiger partial charge in [0.2, 0.25) is 5.91 Å². The Balaban J connectivity index is 1.60. The molecule has 2 atom stereocenters. The number of hydrogen-bond acceptors (Lipinski definition) is 3. The molecule has 2 fully saturated rings. The van der Waals surface area contributed by atoms with E-state index in [4.69, 9.17) is 9.84 Å². The average Bonchev–Trinajstić information content (AvgIpc) is 2.96. The number of nitrogens with one attached hydrogen (secondary N) is 1. The van der Waals surface area contributed by atoms with E-state index in [0.717, 1.165) is 23.7 Å². The van der Waals surface area contributed by atoms with Gasteiger partial charge in [0.25, 0.3) is 0 Å². The van der Waals surface area contributed by atoms with Gasteiger partial charge in [-0.1, -0.05) is 34.5 Å². The molecule has 0 aromatic heterocycles. The topological polar surface area (TPSA) is 75.6 Å². The minimum absolute atomic E-state index is 0.00968. The van der Waals surface area contributed by atoms with Crippen LogP contribution in [0.4, 0.5) is 0 Å². The SMILES string of the molecule is O=C(NCC1(c2cccc(Br)c2)CCC1)[C@@H]1CC[C@H](C(=O)O)O1. The smallest absolute Gasteiger partial charge is 0.332 e. The van der Waals surface area contributed by atoms with E-state index in [0.29, 0.717) is 19.4 Å². The number of halogens is 1. The fraction of sp³-hybridized carbons (Fsp3) is 0.529. The van der Waals surface area contributed by atoms with Crippen LogP contribution in [0.5, 0.6) is 0 Å². The summed E-state index contributed by atoms with van der Waals surface area (Å²) in [4.78, 5) is 23.2. The van der Waals surface area contributed by atoms with Gasteiger partial charge in [-0.05, 0) is 43.4 Å². The number of amides is 1. The molecule has 1 aliphatic heterocycles. The molecule has 0 radical (unpaired) electrons. The average molecular weight is 382 g/mol. The molecule has 2 aliphatic rings. The number of carbonyl (C=O) groups is 2. The fourth-order valence-electron chi connectivity index (χ4n) is 3.37. The van der Waals surface area contributed by atoms with Gasteiger partial charge in [0, 0.05) is 16.4 Å². The van der Waals surface area contributed by atoms with Crippen molar-refractivity contribution in [2.45, 2.75) is 49.7 Å². The van der Waals surface area contributed by atoms with Gasteiger partial charge < -0.3 is 15.2 Å². The molecule has 1 heterocycles. The Morgan fingerprint density at radius 2 is 2.04 bits per heavy atom. The zero-order valence-electron chi connectivity index (χ0n) is 12.8. The molecular weight excluding hydrogens is 362 g/mol. The molecule has 124 valence electrons. The van der Waals surface area contributed by atoms with Gasteiger partial charge in [-0.3, -0.25) is 4.79 Å². The molecular formula is C17H20BrNO4. The second-order valence-electron chi connectivity index (χ2n) is 6.39. The third-order valence-electron chi connectivity index (χ3n) is 4.94. The summed E-state index contributed by atoms with van der Waals surface area (Å²) in [6.45, 7) is 0.569. The summed E-state index contributed by atoms with van der Waals surface area (Å²) >= 11 is 3.50. The van der Waals surface area contributed by atoms with Crippen LogP contribution < -0.4 is 5.32 Å². The summed E-state index contributed by atoms with van der Waals surface area (Å²) in [6, 6.07) is 8.21. The van der Waals surface area contributed by atoms with Crippen molar-refractivity contribution in [2.24, 2.45) is 0 Å². The highest BCUT2D eigenvalue weighted by molar-refractivity contribution is 9.10. The first-order valence-corrected chi connectivity index (χ1v) is 8.71. The Labute approximate surface area is 143 Å². The van der Waals surface area contributed by atoms with E-state index in [1.165, 1.54) is 5.56 Å². The van der Waals surface area contributed by atoms with Gasteiger partial charge in [-0.15, -0.1) is 0 Å². The quantitative estimate of drug-likeness (QED) is 0.821. The minimum Gasteiger partial charge on any atom is -0.479 e. The summed E-state index contributed by atoms with van der Waals surface area (Å²) in [5.41, 5.74) is 1.22. The Bertz CT molecular complexity index is 614. The number of benzene rings is 1. The second kappa shape index (κ2) is 6.61.